The Morgan fingerprint density at radius 2 is 1.45 bits per heavy atom. The Morgan fingerprint density at radius 3 is 2.20 bits per heavy atom. The van der Waals surface area contributed by atoms with Crippen molar-refractivity contribution in [2.45, 2.75) is 6.92 Å². The Hall–Kier alpha value is -4.95. The Kier molecular flexibility index (Phi) is 6.76. The Labute approximate surface area is 238 Å². The number of carbonyl (C=O) groups is 2. The third kappa shape index (κ3) is 4.48. The Bertz CT molecular complexity index is 1860. The van der Waals surface area contributed by atoms with Gasteiger partial charge in [-0.1, -0.05) is 0 Å². The minimum absolute atomic E-state index is 0.0179. The number of anilines is 4. The van der Waals surface area contributed by atoms with E-state index in [1.165, 1.54) is 0 Å². The summed E-state index contributed by atoms with van der Waals surface area (Å²) < 4.78 is 2.09. The number of para-hydroxylation sites is 2. The summed E-state index contributed by atoms with van der Waals surface area (Å²) in [6.45, 7) is 1.67. The van der Waals surface area contributed by atoms with E-state index < -0.39 is 11.8 Å². The van der Waals surface area contributed by atoms with Crippen molar-refractivity contribution in [3.63, 3.8) is 0 Å². The first-order valence-electron chi connectivity index (χ1n) is 12.8. The molecule has 6 rings (SSSR count). The van der Waals surface area contributed by atoms with Crippen LogP contribution >= 0.6 is 0 Å². The average molecular weight is 585 g/mol. The first-order chi connectivity index (χ1) is 19.6. The molecule has 0 atom stereocenters. The van der Waals surface area contributed by atoms with E-state index in [4.69, 9.17) is 0 Å². The molecule has 1 aliphatic heterocycles. The monoisotopic (exact) mass is 585 g/mol. The topological polar surface area (TPSA) is 64.4 Å². The average Bonchev–Trinajstić information content (AvgIpc) is 3.45. The zero-order valence-electron chi connectivity index (χ0n) is 21.6. The molecule has 0 spiro atoms. The molecular formula is C34H23N3O2Se. The van der Waals surface area contributed by atoms with Crippen molar-refractivity contribution in [2.24, 2.45) is 0 Å². The van der Waals surface area contributed by atoms with Crippen molar-refractivity contribution in [3.05, 3.63) is 136 Å². The van der Waals surface area contributed by atoms with Crippen molar-refractivity contribution in [2.75, 3.05) is 9.80 Å². The number of carbonyl (C=O) groups excluding carboxylic acids is 2. The van der Waals surface area contributed by atoms with E-state index in [9.17, 15) is 14.9 Å². The third-order valence-electron chi connectivity index (χ3n) is 6.90. The number of benzene rings is 4. The Morgan fingerprint density at radius 1 is 0.775 bits per heavy atom. The molecule has 0 saturated carbocycles. The summed E-state index contributed by atoms with van der Waals surface area (Å²) in [4.78, 5) is 30.1. The second-order valence-electron chi connectivity index (χ2n) is 9.30. The van der Waals surface area contributed by atoms with Gasteiger partial charge in [0.1, 0.15) is 0 Å². The van der Waals surface area contributed by atoms with Crippen LogP contribution in [0.3, 0.4) is 0 Å². The van der Waals surface area contributed by atoms with Gasteiger partial charge >= 0.3 is 239 Å². The molecule has 4 aromatic carbocycles. The van der Waals surface area contributed by atoms with Gasteiger partial charge in [0.05, 0.1) is 0 Å². The van der Waals surface area contributed by atoms with Crippen LogP contribution in [0, 0.1) is 11.3 Å². The molecule has 0 bridgehead atoms. The number of amides is 2. The van der Waals surface area contributed by atoms with Crippen LogP contribution in [0.2, 0.25) is 0 Å². The van der Waals surface area contributed by atoms with Crippen molar-refractivity contribution < 1.29 is 9.59 Å². The number of rotatable bonds is 5. The number of hydrogen-bond donors (Lipinski definition) is 0. The van der Waals surface area contributed by atoms with E-state index in [-0.39, 0.29) is 20.1 Å². The van der Waals surface area contributed by atoms with E-state index >= 15 is 0 Å². The fourth-order valence-electron chi connectivity index (χ4n) is 4.94. The van der Waals surface area contributed by atoms with Crippen LogP contribution in [0.1, 0.15) is 11.4 Å². The normalized spacial score (nSPS) is 14.6. The summed E-state index contributed by atoms with van der Waals surface area (Å²) in [5.41, 5.74) is 3.32. The van der Waals surface area contributed by atoms with Gasteiger partial charge in [0.15, 0.2) is 0 Å². The molecule has 2 amide bonds. The van der Waals surface area contributed by atoms with Gasteiger partial charge in [-0.15, -0.1) is 0 Å². The van der Waals surface area contributed by atoms with Gasteiger partial charge in [0.25, 0.3) is 0 Å². The molecule has 0 fully saturated rings. The zero-order valence-corrected chi connectivity index (χ0v) is 23.3. The fraction of sp³-hybridized carbons (Fsp3) is 0.0294. The van der Waals surface area contributed by atoms with E-state index in [0.717, 1.165) is 36.0 Å². The van der Waals surface area contributed by atoms with Crippen molar-refractivity contribution in [1.29, 1.82) is 5.26 Å². The van der Waals surface area contributed by atoms with Gasteiger partial charge in [0, 0.05) is 0 Å². The van der Waals surface area contributed by atoms with Gasteiger partial charge in [-0.2, -0.15) is 0 Å². The van der Waals surface area contributed by atoms with Crippen molar-refractivity contribution in [1.82, 2.24) is 0 Å². The molecule has 40 heavy (non-hydrogen) atoms. The van der Waals surface area contributed by atoms with Gasteiger partial charge in [-0.3, -0.25) is 0 Å². The van der Waals surface area contributed by atoms with Crippen LogP contribution in [0.25, 0.3) is 16.8 Å². The molecule has 1 aliphatic rings. The van der Waals surface area contributed by atoms with E-state index in [2.05, 4.69) is 53.4 Å². The molecular weight excluding hydrogens is 561 g/mol. The predicted molar refractivity (Wildman–Crippen MR) is 161 cm³/mol. The van der Waals surface area contributed by atoms with Gasteiger partial charge in [0.2, 0.25) is 0 Å². The third-order valence-corrected chi connectivity index (χ3v) is 9.03. The Balaban J connectivity index is 1.46. The van der Waals surface area contributed by atoms with Crippen LogP contribution in [-0.4, -0.2) is 26.3 Å². The number of nitriles is 1. The molecule has 0 saturated heterocycles. The number of imide groups is 1. The first-order valence-corrected chi connectivity index (χ1v) is 14.5. The maximum atomic E-state index is 13.6. The maximum absolute atomic E-state index is 13.6. The molecule has 0 unspecified atom stereocenters. The van der Waals surface area contributed by atoms with Crippen LogP contribution in [-0.2, 0) is 9.59 Å². The molecule has 1 aromatic heterocycles. The van der Waals surface area contributed by atoms with Gasteiger partial charge in [-0.05, 0) is 0 Å². The van der Waals surface area contributed by atoms with E-state index in [1.807, 2.05) is 54.6 Å². The van der Waals surface area contributed by atoms with Crippen LogP contribution in [0.15, 0.2) is 132 Å². The SMILES string of the molecule is CC1=C(C#N)C(=O)N(c2ccccc2)C(=O)/C1=C/c1ccc(N(c2ccccc2)c2cccc3ccccc23)[se]1. The molecule has 192 valence electrons. The predicted octanol–water partition coefficient (Wildman–Crippen LogP) is 7.16. The standard InChI is InChI=1S/C34H23N3O2Se/c1-23-29(33(38)37(34(39)30(23)22-35)26-15-6-3-7-16-26)21-27-19-20-32(40-27)36(25-13-4-2-5-14-25)31-18-10-12-24-11-8-9-17-28(24)31/h2-21H,1H3/b29-21+. The van der Waals surface area contributed by atoms with E-state index in [1.54, 1.807) is 31.2 Å². The first kappa shape index (κ1) is 25.3. The second-order valence-corrected chi connectivity index (χ2v) is 11.6. The summed E-state index contributed by atoms with van der Waals surface area (Å²) in [5, 5.41) is 12.1. The number of nitrogens with zero attached hydrogens (tertiary/aromatic N) is 3. The van der Waals surface area contributed by atoms with Gasteiger partial charge in [-0.25, -0.2) is 0 Å². The molecule has 5 aromatic rings. The van der Waals surface area contributed by atoms with Crippen molar-refractivity contribution in [3.8, 4) is 6.07 Å². The summed E-state index contributed by atoms with van der Waals surface area (Å²) in [6.07, 6.45) is 1.84. The fourth-order valence-corrected chi connectivity index (χ4v) is 7.01. The summed E-state index contributed by atoms with van der Waals surface area (Å²) in [7, 11) is 0. The molecule has 0 aliphatic carbocycles. The quantitative estimate of drug-likeness (QED) is 0.125. The molecule has 2 heterocycles. The minimum atomic E-state index is -0.593. The summed E-state index contributed by atoms with van der Waals surface area (Å²) in [5.74, 6) is -1.02. The summed E-state index contributed by atoms with van der Waals surface area (Å²) >= 11 is -0.147. The molecule has 0 radical (unpaired) electrons. The molecule has 5 nitrogen and oxygen atoms in total. The van der Waals surface area contributed by atoms with Crippen LogP contribution < -0.4 is 9.80 Å². The van der Waals surface area contributed by atoms with Crippen LogP contribution in [0.5, 0.6) is 0 Å². The molecule has 0 N–H and O–H groups in total. The van der Waals surface area contributed by atoms with Gasteiger partial charge < -0.3 is 0 Å². The number of hydrogen-bond acceptors (Lipinski definition) is 4. The van der Waals surface area contributed by atoms with E-state index in [0.29, 0.717) is 16.8 Å². The number of fused-ring (bicyclic) bond motifs is 1. The zero-order chi connectivity index (χ0) is 27.6. The van der Waals surface area contributed by atoms with Crippen LogP contribution in [0.4, 0.5) is 21.6 Å². The second kappa shape index (κ2) is 10.7. The molecule has 6 heteroatoms. The summed E-state index contributed by atoms with van der Waals surface area (Å²) in [6, 6.07) is 39.8. The van der Waals surface area contributed by atoms with Crippen molar-refractivity contribution >= 4 is 64.8 Å².